The molecule has 1 unspecified atom stereocenters. The lowest BCUT2D eigenvalue weighted by Gasteiger charge is -2.15. The Hall–Kier alpha value is -1.20. The van der Waals surface area contributed by atoms with Crippen LogP contribution in [0.25, 0.3) is 0 Å². The van der Waals surface area contributed by atoms with E-state index in [9.17, 15) is 4.39 Å². The molecule has 0 saturated carbocycles. The van der Waals surface area contributed by atoms with Crippen molar-refractivity contribution in [2.75, 3.05) is 0 Å². The number of aromatic nitrogens is 2. The molecular weight excluding hydrogens is 321 g/mol. The minimum atomic E-state index is -0.185. The van der Waals surface area contributed by atoms with Crippen molar-refractivity contribution < 1.29 is 4.39 Å². The molecule has 1 aromatic carbocycles. The van der Waals surface area contributed by atoms with Crippen molar-refractivity contribution in [3.8, 4) is 0 Å². The summed E-state index contributed by atoms with van der Waals surface area (Å²) in [5.74, 6) is -0.185. The van der Waals surface area contributed by atoms with Gasteiger partial charge in [0.15, 0.2) is 0 Å². The number of hydrogen-bond acceptors (Lipinski definition) is 2. The number of hydrogen-bond donors (Lipinski definition) is 1. The summed E-state index contributed by atoms with van der Waals surface area (Å²) in [5, 5.41) is 7.76. The summed E-state index contributed by atoms with van der Waals surface area (Å²) < 4.78 is 16.5. The summed E-state index contributed by atoms with van der Waals surface area (Å²) in [6.07, 6.45) is 2.91. The molecule has 20 heavy (non-hydrogen) atoms. The molecule has 5 heteroatoms. The van der Waals surface area contributed by atoms with Crippen LogP contribution in [0.1, 0.15) is 36.7 Å². The van der Waals surface area contributed by atoms with E-state index in [0.717, 1.165) is 22.2 Å². The largest absolute Gasteiger partial charge is 0.306 e. The van der Waals surface area contributed by atoms with Gasteiger partial charge in [0, 0.05) is 41.4 Å². The fourth-order valence-corrected chi connectivity index (χ4v) is 2.63. The normalized spacial score (nSPS) is 12.7. The highest BCUT2D eigenvalue weighted by atomic mass is 79.9. The Balaban J connectivity index is 2.08. The van der Waals surface area contributed by atoms with Crippen LogP contribution >= 0.6 is 15.9 Å². The first-order valence-corrected chi connectivity index (χ1v) is 7.50. The van der Waals surface area contributed by atoms with Gasteiger partial charge in [-0.3, -0.25) is 4.68 Å². The van der Waals surface area contributed by atoms with Gasteiger partial charge in [0.1, 0.15) is 5.82 Å². The second-order valence-corrected chi connectivity index (χ2v) is 5.81. The first kappa shape index (κ1) is 15.2. The summed E-state index contributed by atoms with van der Waals surface area (Å²) >= 11 is 3.38. The molecule has 0 aliphatic heterocycles. The smallest absolute Gasteiger partial charge is 0.128 e. The van der Waals surface area contributed by atoms with Gasteiger partial charge in [-0.1, -0.05) is 22.9 Å². The van der Waals surface area contributed by atoms with Crippen molar-refractivity contribution in [2.24, 2.45) is 7.05 Å². The molecule has 2 aromatic rings. The van der Waals surface area contributed by atoms with Crippen LogP contribution in [-0.2, 0) is 20.0 Å². The molecule has 0 aliphatic rings. The van der Waals surface area contributed by atoms with E-state index < -0.39 is 0 Å². The minimum absolute atomic E-state index is 0.0580. The van der Waals surface area contributed by atoms with E-state index in [1.165, 1.54) is 6.07 Å². The van der Waals surface area contributed by atoms with E-state index in [1.807, 2.05) is 30.9 Å². The Morgan fingerprint density at radius 2 is 2.20 bits per heavy atom. The third kappa shape index (κ3) is 3.46. The average Bonchev–Trinajstić information content (AvgIpc) is 2.79. The fourth-order valence-electron chi connectivity index (χ4n) is 2.25. The molecule has 108 valence electrons. The maximum absolute atomic E-state index is 13.8. The highest BCUT2D eigenvalue weighted by molar-refractivity contribution is 9.10. The maximum atomic E-state index is 13.8. The summed E-state index contributed by atoms with van der Waals surface area (Å²) in [5.41, 5.74) is 2.92. The van der Waals surface area contributed by atoms with Gasteiger partial charge in [-0.2, -0.15) is 5.10 Å². The van der Waals surface area contributed by atoms with Gasteiger partial charge in [-0.05, 0) is 31.5 Å². The molecule has 0 fully saturated rings. The zero-order valence-corrected chi connectivity index (χ0v) is 13.5. The average molecular weight is 340 g/mol. The first-order chi connectivity index (χ1) is 9.51. The van der Waals surface area contributed by atoms with Crippen LogP contribution in [0.2, 0.25) is 0 Å². The van der Waals surface area contributed by atoms with Crippen LogP contribution in [0.4, 0.5) is 4.39 Å². The van der Waals surface area contributed by atoms with E-state index in [-0.39, 0.29) is 11.9 Å². The molecule has 0 aliphatic carbocycles. The molecule has 1 heterocycles. The third-order valence-corrected chi connectivity index (χ3v) is 3.84. The fraction of sp³-hybridized carbons (Fsp3) is 0.400. The van der Waals surface area contributed by atoms with Crippen molar-refractivity contribution >= 4 is 15.9 Å². The van der Waals surface area contributed by atoms with E-state index >= 15 is 0 Å². The van der Waals surface area contributed by atoms with E-state index in [0.29, 0.717) is 12.1 Å². The Kier molecular flexibility index (Phi) is 4.94. The number of rotatable bonds is 5. The third-order valence-electron chi connectivity index (χ3n) is 3.35. The van der Waals surface area contributed by atoms with E-state index in [2.05, 4.69) is 33.3 Å². The van der Waals surface area contributed by atoms with Crippen LogP contribution in [0.3, 0.4) is 0 Å². The molecule has 0 spiro atoms. The van der Waals surface area contributed by atoms with Crippen molar-refractivity contribution in [2.45, 2.75) is 32.9 Å². The number of halogens is 2. The summed E-state index contributed by atoms with van der Waals surface area (Å²) in [7, 11) is 1.92. The highest BCUT2D eigenvalue weighted by Crippen LogP contribution is 2.22. The molecule has 3 nitrogen and oxygen atoms in total. The zero-order chi connectivity index (χ0) is 14.7. The molecule has 0 radical (unpaired) electrons. The lowest BCUT2D eigenvalue weighted by atomic mass is 10.1. The van der Waals surface area contributed by atoms with Crippen LogP contribution in [0, 0.1) is 5.82 Å². The monoisotopic (exact) mass is 339 g/mol. The first-order valence-electron chi connectivity index (χ1n) is 6.71. The lowest BCUT2D eigenvalue weighted by Crippen LogP contribution is -2.19. The topological polar surface area (TPSA) is 29.9 Å². The van der Waals surface area contributed by atoms with Gasteiger partial charge in [0.25, 0.3) is 0 Å². The SMILES string of the molecule is CCc1nn(C)cc1CNC(C)c1cc(Br)ccc1F. The number of aryl methyl sites for hydroxylation is 2. The molecule has 1 N–H and O–H groups in total. The summed E-state index contributed by atoms with van der Waals surface area (Å²) in [6, 6.07) is 4.95. The van der Waals surface area contributed by atoms with Gasteiger partial charge in [-0.15, -0.1) is 0 Å². The standard InChI is InChI=1S/C15H19BrFN3/c1-4-15-11(9-20(3)19-15)8-18-10(2)13-7-12(16)5-6-14(13)17/h5-7,9-10,18H,4,8H2,1-3H3. The maximum Gasteiger partial charge on any atom is 0.128 e. The summed E-state index contributed by atoms with van der Waals surface area (Å²) in [4.78, 5) is 0. The van der Waals surface area contributed by atoms with Crippen LogP contribution in [0.15, 0.2) is 28.9 Å². The minimum Gasteiger partial charge on any atom is -0.306 e. The predicted molar refractivity (Wildman–Crippen MR) is 81.9 cm³/mol. The van der Waals surface area contributed by atoms with E-state index in [4.69, 9.17) is 0 Å². The molecule has 2 rings (SSSR count). The zero-order valence-electron chi connectivity index (χ0n) is 12.0. The van der Waals surface area contributed by atoms with E-state index in [1.54, 1.807) is 6.07 Å². The molecule has 0 bridgehead atoms. The van der Waals surface area contributed by atoms with Crippen molar-refractivity contribution in [1.82, 2.24) is 15.1 Å². The lowest BCUT2D eigenvalue weighted by molar-refractivity contribution is 0.527. The van der Waals surface area contributed by atoms with Gasteiger partial charge in [0.2, 0.25) is 0 Å². The Bertz CT molecular complexity index is 595. The predicted octanol–water partition coefficient (Wildman–Crippen LogP) is 3.73. The molecule has 1 atom stereocenters. The van der Waals surface area contributed by atoms with Gasteiger partial charge in [-0.25, -0.2) is 4.39 Å². The van der Waals surface area contributed by atoms with Gasteiger partial charge >= 0.3 is 0 Å². The second kappa shape index (κ2) is 6.50. The molecular formula is C15H19BrFN3. The number of benzene rings is 1. The number of nitrogens with one attached hydrogen (secondary N) is 1. The Morgan fingerprint density at radius 1 is 1.45 bits per heavy atom. The Morgan fingerprint density at radius 3 is 2.90 bits per heavy atom. The second-order valence-electron chi connectivity index (χ2n) is 4.90. The van der Waals surface area contributed by atoms with Gasteiger partial charge < -0.3 is 5.32 Å². The van der Waals surface area contributed by atoms with Crippen molar-refractivity contribution in [3.63, 3.8) is 0 Å². The number of nitrogens with zero attached hydrogens (tertiary/aromatic N) is 2. The van der Waals surface area contributed by atoms with Crippen LogP contribution < -0.4 is 5.32 Å². The van der Waals surface area contributed by atoms with Crippen LogP contribution in [-0.4, -0.2) is 9.78 Å². The molecule has 0 saturated heterocycles. The summed E-state index contributed by atoms with van der Waals surface area (Å²) in [6.45, 7) is 4.74. The molecule has 1 aromatic heterocycles. The van der Waals surface area contributed by atoms with Crippen molar-refractivity contribution in [3.05, 3.63) is 51.5 Å². The van der Waals surface area contributed by atoms with Crippen molar-refractivity contribution in [1.29, 1.82) is 0 Å². The molecule has 0 amide bonds. The quantitative estimate of drug-likeness (QED) is 0.899. The van der Waals surface area contributed by atoms with Gasteiger partial charge in [0.05, 0.1) is 5.69 Å². The van der Waals surface area contributed by atoms with Crippen LogP contribution in [0.5, 0.6) is 0 Å². The Labute approximate surface area is 127 Å². The highest BCUT2D eigenvalue weighted by Gasteiger charge is 2.12.